The molecule has 0 radical (unpaired) electrons. The van der Waals surface area contributed by atoms with E-state index in [4.69, 9.17) is 9.15 Å². The van der Waals surface area contributed by atoms with Crippen molar-refractivity contribution >= 4 is 23.1 Å². The van der Waals surface area contributed by atoms with E-state index in [1.807, 2.05) is 32.9 Å². The number of benzene rings is 2. The first kappa shape index (κ1) is 21.4. The molecule has 1 saturated heterocycles. The maximum absolute atomic E-state index is 13.2. The molecular formula is C26H25NO5. The van der Waals surface area contributed by atoms with Crippen molar-refractivity contribution in [2.24, 2.45) is 0 Å². The van der Waals surface area contributed by atoms with Gasteiger partial charge in [0.2, 0.25) is 0 Å². The van der Waals surface area contributed by atoms with Gasteiger partial charge in [0.05, 0.1) is 12.2 Å². The van der Waals surface area contributed by atoms with Gasteiger partial charge in [0, 0.05) is 11.3 Å². The minimum absolute atomic E-state index is 0.0149. The van der Waals surface area contributed by atoms with Crippen molar-refractivity contribution in [1.82, 2.24) is 0 Å². The molecule has 0 saturated carbocycles. The first-order chi connectivity index (χ1) is 15.3. The quantitative estimate of drug-likeness (QED) is 0.340. The van der Waals surface area contributed by atoms with Crippen LogP contribution >= 0.6 is 0 Å². The van der Waals surface area contributed by atoms with Crippen LogP contribution in [0, 0.1) is 20.8 Å². The number of rotatable bonds is 5. The Balaban J connectivity index is 1.94. The summed E-state index contributed by atoms with van der Waals surface area (Å²) in [5.41, 5.74) is 2.85. The summed E-state index contributed by atoms with van der Waals surface area (Å²) in [6, 6.07) is 15.0. The van der Waals surface area contributed by atoms with Crippen molar-refractivity contribution in [2.75, 3.05) is 11.5 Å². The second-order valence-corrected chi connectivity index (χ2v) is 7.80. The number of aryl methyl sites for hydroxylation is 2. The number of nitrogens with zero attached hydrogens (tertiary/aromatic N) is 1. The number of furan rings is 1. The molecular weight excluding hydrogens is 406 g/mol. The molecule has 0 bridgehead atoms. The molecule has 6 nitrogen and oxygen atoms in total. The van der Waals surface area contributed by atoms with Crippen LogP contribution in [0.5, 0.6) is 5.75 Å². The van der Waals surface area contributed by atoms with Gasteiger partial charge in [0.25, 0.3) is 11.7 Å². The lowest BCUT2D eigenvalue weighted by Crippen LogP contribution is -2.30. The van der Waals surface area contributed by atoms with Gasteiger partial charge in [0.1, 0.15) is 29.1 Å². The number of aliphatic hydroxyl groups is 1. The van der Waals surface area contributed by atoms with Gasteiger partial charge in [0.15, 0.2) is 0 Å². The van der Waals surface area contributed by atoms with Crippen LogP contribution < -0.4 is 9.64 Å². The molecule has 4 rings (SSSR count). The third-order valence-corrected chi connectivity index (χ3v) is 5.73. The molecule has 2 aromatic carbocycles. The standard InChI is InChI=1S/C26H25NO5/c1-5-31-19-10-7-9-18(14-19)24(28)22-23(21-13-12-16(3)32-21)27(26(30)25(22)29)20-11-6-8-15(2)17(20)4/h6-14,23,28H,5H2,1-4H3/b24-22-. The smallest absolute Gasteiger partial charge is 0.300 e. The first-order valence-electron chi connectivity index (χ1n) is 10.5. The van der Waals surface area contributed by atoms with Gasteiger partial charge in [-0.05, 0) is 69.2 Å². The number of anilines is 1. The van der Waals surface area contributed by atoms with Crippen LogP contribution in [0.4, 0.5) is 5.69 Å². The molecule has 3 aromatic rings. The SMILES string of the molecule is CCOc1cccc(/C(O)=C2/C(=O)C(=O)N(c3cccc(C)c3C)C2c2ccc(C)o2)c1. The molecule has 1 aliphatic rings. The van der Waals surface area contributed by atoms with Gasteiger partial charge in [-0.15, -0.1) is 0 Å². The summed E-state index contributed by atoms with van der Waals surface area (Å²) in [4.78, 5) is 27.9. The van der Waals surface area contributed by atoms with Gasteiger partial charge in [-0.25, -0.2) is 0 Å². The largest absolute Gasteiger partial charge is 0.507 e. The van der Waals surface area contributed by atoms with Crippen LogP contribution in [0.3, 0.4) is 0 Å². The van der Waals surface area contributed by atoms with E-state index >= 15 is 0 Å². The van der Waals surface area contributed by atoms with E-state index < -0.39 is 17.7 Å². The molecule has 32 heavy (non-hydrogen) atoms. The molecule has 1 atom stereocenters. The molecule has 0 spiro atoms. The molecule has 164 valence electrons. The lowest BCUT2D eigenvalue weighted by Gasteiger charge is -2.25. The van der Waals surface area contributed by atoms with Crippen molar-refractivity contribution < 1.29 is 23.8 Å². The van der Waals surface area contributed by atoms with Crippen molar-refractivity contribution in [3.8, 4) is 5.75 Å². The highest BCUT2D eigenvalue weighted by Gasteiger charge is 2.48. The van der Waals surface area contributed by atoms with Crippen molar-refractivity contribution in [1.29, 1.82) is 0 Å². The van der Waals surface area contributed by atoms with E-state index in [1.54, 1.807) is 49.4 Å². The lowest BCUT2D eigenvalue weighted by atomic mass is 9.98. The summed E-state index contributed by atoms with van der Waals surface area (Å²) in [5.74, 6) is -0.123. The highest BCUT2D eigenvalue weighted by atomic mass is 16.5. The molecule has 1 aliphatic heterocycles. The van der Waals surface area contributed by atoms with Crippen molar-refractivity contribution in [3.05, 3.63) is 88.4 Å². The Morgan fingerprint density at radius 2 is 1.81 bits per heavy atom. The second kappa shape index (κ2) is 8.38. The number of carbonyl (C=O) groups excluding carboxylic acids is 2. The van der Waals surface area contributed by atoms with E-state index in [9.17, 15) is 14.7 Å². The monoisotopic (exact) mass is 431 g/mol. The number of aliphatic hydroxyl groups excluding tert-OH is 1. The number of ketones is 1. The minimum Gasteiger partial charge on any atom is -0.507 e. The summed E-state index contributed by atoms with van der Waals surface area (Å²) < 4.78 is 11.4. The van der Waals surface area contributed by atoms with E-state index in [2.05, 4.69) is 0 Å². The fourth-order valence-electron chi connectivity index (χ4n) is 4.00. The van der Waals surface area contributed by atoms with Crippen LogP contribution in [0.15, 0.2) is 64.6 Å². The van der Waals surface area contributed by atoms with Gasteiger partial charge >= 0.3 is 0 Å². The van der Waals surface area contributed by atoms with E-state index in [0.29, 0.717) is 35.1 Å². The molecule has 1 N–H and O–H groups in total. The molecule has 0 aliphatic carbocycles. The molecule has 1 unspecified atom stereocenters. The van der Waals surface area contributed by atoms with E-state index in [0.717, 1.165) is 11.1 Å². The van der Waals surface area contributed by atoms with Crippen LogP contribution in [0.25, 0.3) is 5.76 Å². The van der Waals surface area contributed by atoms with Gasteiger partial charge in [-0.2, -0.15) is 0 Å². The Morgan fingerprint density at radius 1 is 1.06 bits per heavy atom. The molecule has 1 fully saturated rings. The predicted octanol–water partition coefficient (Wildman–Crippen LogP) is 5.23. The summed E-state index contributed by atoms with van der Waals surface area (Å²) in [6.07, 6.45) is 0. The highest BCUT2D eigenvalue weighted by Crippen LogP contribution is 2.44. The third kappa shape index (κ3) is 3.58. The van der Waals surface area contributed by atoms with E-state index in [1.165, 1.54) is 4.90 Å². The molecule has 1 aromatic heterocycles. The van der Waals surface area contributed by atoms with Crippen LogP contribution in [0.2, 0.25) is 0 Å². The number of Topliss-reactive ketones (excluding diaryl/α,β-unsaturated/α-hetero) is 1. The Morgan fingerprint density at radius 3 is 2.50 bits per heavy atom. The zero-order valence-corrected chi connectivity index (χ0v) is 18.5. The average molecular weight is 431 g/mol. The number of ether oxygens (including phenoxy) is 1. The average Bonchev–Trinajstić information content (AvgIpc) is 3.31. The van der Waals surface area contributed by atoms with Gasteiger partial charge < -0.3 is 14.3 Å². The number of hydrogen-bond donors (Lipinski definition) is 1. The third-order valence-electron chi connectivity index (χ3n) is 5.73. The van der Waals surface area contributed by atoms with Crippen LogP contribution in [0.1, 0.15) is 41.2 Å². The van der Waals surface area contributed by atoms with Gasteiger partial charge in [-0.3, -0.25) is 14.5 Å². The maximum atomic E-state index is 13.2. The zero-order chi connectivity index (χ0) is 23.0. The fraction of sp³-hybridized carbons (Fsp3) is 0.231. The number of carbonyl (C=O) groups is 2. The lowest BCUT2D eigenvalue weighted by molar-refractivity contribution is -0.132. The number of hydrogen-bond acceptors (Lipinski definition) is 5. The Hall–Kier alpha value is -3.80. The Bertz CT molecular complexity index is 1240. The Labute approximate surface area is 186 Å². The maximum Gasteiger partial charge on any atom is 0.300 e. The summed E-state index contributed by atoms with van der Waals surface area (Å²) in [5, 5.41) is 11.2. The zero-order valence-electron chi connectivity index (χ0n) is 18.5. The summed E-state index contributed by atoms with van der Waals surface area (Å²) >= 11 is 0. The molecule has 2 heterocycles. The fourth-order valence-corrected chi connectivity index (χ4v) is 4.00. The first-order valence-corrected chi connectivity index (χ1v) is 10.5. The summed E-state index contributed by atoms with van der Waals surface area (Å²) in [6.45, 7) is 7.97. The molecule has 1 amide bonds. The predicted molar refractivity (Wildman–Crippen MR) is 122 cm³/mol. The molecule has 6 heteroatoms. The van der Waals surface area contributed by atoms with Crippen molar-refractivity contribution in [3.63, 3.8) is 0 Å². The van der Waals surface area contributed by atoms with Gasteiger partial charge in [-0.1, -0.05) is 24.3 Å². The normalized spacial score (nSPS) is 17.8. The van der Waals surface area contributed by atoms with Crippen LogP contribution in [-0.4, -0.2) is 23.4 Å². The minimum atomic E-state index is -0.889. The van der Waals surface area contributed by atoms with Crippen LogP contribution in [-0.2, 0) is 9.59 Å². The topological polar surface area (TPSA) is 80.0 Å². The second-order valence-electron chi connectivity index (χ2n) is 7.80. The highest BCUT2D eigenvalue weighted by molar-refractivity contribution is 6.51. The number of amides is 1. The van der Waals surface area contributed by atoms with Crippen molar-refractivity contribution in [2.45, 2.75) is 33.7 Å². The van der Waals surface area contributed by atoms with E-state index in [-0.39, 0.29) is 11.3 Å². The summed E-state index contributed by atoms with van der Waals surface area (Å²) in [7, 11) is 0. The Kier molecular flexibility index (Phi) is 5.61.